The molecule has 0 saturated carbocycles. The number of benzene rings is 1. The average molecular weight is 342 g/mol. The molecule has 1 aromatic heterocycles. The maximum absolute atomic E-state index is 12.6. The molecule has 1 N–H and O–H groups in total. The van der Waals surface area contributed by atoms with Crippen LogP contribution < -0.4 is 15.0 Å². The largest absolute Gasteiger partial charge is 0.497 e. The number of hydrogen-bond donors (Lipinski definition) is 1. The van der Waals surface area contributed by atoms with Gasteiger partial charge in [0.25, 0.3) is 5.91 Å². The van der Waals surface area contributed by atoms with Gasteiger partial charge >= 0.3 is 0 Å². The van der Waals surface area contributed by atoms with Crippen molar-refractivity contribution in [3.05, 3.63) is 48.6 Å². The molecule has 2 aromatic rings. The van der Waals surface area contributed by atoms with Crippen molar-refractivity contribution >= 4 is 22.2 Å². The summed E-state index contributed by atoms with van der Waals surface area (Å²) in [6, 6.07) is 12.3. The first kappa shape index (κ1) is 16.7. The molecule has 1 unspecified atom stereocenters. The van der Waals surface area contributed by atoms with Crippen molar-refractivity contribution in [3.63, 3.8) is 0 Å². The lowest BCUT2D eigenvalue weighted by atomic mass is 10.2. The summed E-state index contributed by atoms with van der Waals surface area (Å²) in [5, 5.41) is 4.33. The number of ether oxygens (including phenoxy) is 1. The van der Waals surface area contributed by atoms with Gasteiger partial charge in [0, 0.05) is 11.4 Å². The third kappa shape index (κ3) is 3.52. The normalized spacial score (nSPS) is 17.3. The van der Waals surface area contributed by atoms with E-state index in [1.54, 1.807) is 30.6 Å². The second kappa shape index (κ2) is 7.64. The smallest absolute Gasteiger partial charge is 0.251 e. The lowest BCUT2D eigenvalue weighted by Gasteiger charge is -2.26. The predicted octanol–water partition coefficient (Wildman–Crippen LogP) is 3.69. The molecule has 1 amide bonds. The number of hydrogen-bond acceptors (Lipinski definition) is 4. The third-order valence-corrected chi connectivity index (χ3v) is 5.26. The molecule has 1 fully saturated rings. The zero-order valence-electron chi connectivity index (χ0n) is 14.0. The van der Waals surface area contributed by atoms with Gasteiger partial charge in [0.1, 0.15) is 5.75 Å². The van der Waals surface area contributed by atoms with E-state index in [1.807, 2.05) is 36.1 Å². The number of allylic oxidation sites excluding steroid dienone is 1. The Labute approximate surface area is 146 Å². The van der Waals surface area contributed by atoms with E-state index >= 15 is 0 Å². The predicted molar refractivity (Wildman–Crippen MR) is 99.9 cm³/mol. The van der Waals surface area contributed by atoms with E-state index in [0.29, 0.717) is 0 Å². The maximum atomic E-state index is 12.6. The minimum atomic E-state index is 0.0465. The zero-order chi connectivity index (χ0) is 16.9. The number of nitrogens with one attached hydrogen (secondary N) is 1. The Bertz CT molecular complexity index is 732. The summed E-state index contributed by atoms with van der Waals surface area (Å²) >= 11 is 1.64. The fraction of sp³-hybridized carbons (Fsp3) is 0.316. The van der Waals surface area contributed by atoms with Crippen LogP contribution in [0.15, 0.2) is 48.6 Å². The molecule has 0 radical (unpaired) electrons. The maximum Gasteiger partial charge on any atom is 0.251 e. The number of rotatable bonds is 5. The standard InChI is InChI=1S/C19H22N2O2S/c1-3-5-18(22)21(15-10-11-20-13-15)19-9-8-17(24-19)14-6-4-7-16(12-14)23-2/h3-9,12,15,20H,10-11,13H2,1-2H3. The molecule has 1 saturated heterocycles. The summed E-state index contributed by atoms with van der Waals surface area (Å²) in [5.74, 6) is 0.884. The molecule has 126 valence electrons. The molecular weight excluding hydrogens is 320 g/mol. The highest BCUT2D eigenvalue weighted by atomic mass is 32.1. The number of methoxy groups -OCH3 is 1. The molecule has 0 aliphatic carbocycles. The summed E-state index contributed by atoms with van der Waals surface area (Å²) in [6.45, 7) is 3.67. The van der Waals surface area contributed by atoms with Crippen molar-refractivity contribution < 1.29 is 9.53 Å². The number of thiophene rings is 1. The topological polar surface area (TPSA) is 41.6 Å². The number of carbonyl (C=O) groups excluding carboxylic acids is 1. The highest BCUT2D eigenvalue weighted by Crippen LogP contribution is 2.36. The van der Waals surface area contributed by atoms with Gasteiger partial charge in [-0.1, -0.05) is 18.2 Å². The minimum Gasteiger partial charge on any atom is -0.497 e. The van der Waals surface area contributed by atoms with Crippen molar-refractivity contribution in [3.8, 4) is 16.2 Å². The molecule has 1 aliphatic rings. The summed E-state index contributed by atoms with van der Waals surface area (Å²) in [7, 11) is 1.67. The van der Waals surface area contributed by atoms with Crippen LogP contribution in [0.2, 0.25) is 0 Å². The number of amides is 1. The molecule has 0 bridgehead atoms. The SMILES string of the molecule is CC=CC(=O)N(c1ccc(-c2cccc(OC)c2)s1)C1CCNC1. The summed E-state index contributed by atoms with van der Waals surface area (Å²) in [4.78, 5) is 15.6. The first-order chi connectivity index (χ1) is 11.7. The average Bonchev–Trinajstić information content (AvgIpc) is 3.28. The van der Waals surface area contributed by atoms with E-state index in [2.05, 4.69) is 17.4 Å². The molecule has 3 rings (SSSR count). The molecule has 1 aliphatic heterocycles. The monoisotopic (exact) mass is 342 g/mol. The Morgan fingerprint density at radius 1 is 1.38 bits per heavy atom. The second-order valence-corrected chi connectivity index (χ2v) is 6.79. The van der Waals surface area contributed by atoms with E-state index in [4.69, 9.17) is 4.74 Å². The van der Waals surface area contributed by atoms with Crippen LogP contribution in [0.5, 0.6) is 5.75 Å². The Morgan fingerprint density at radius 3 is 2.96 bits per heavy atom. The van der Waals surface area contributed by atoms with Crippen LogP contribution in [0.4, 0.5) is 5.00 Å². The second-order valence-electron chi connectivity index (χ2n) is 5.72. The van der Waals surface area contributed by atoms with Crippen LogP contribution in [-0.2, 0) is 4.79 Å². The van der Waals surface area contributed by atoms with Crippen LogP contribution in [0.3, 0.4) is 0 Å². The lowest BCUT2D eigenvalue weighted by molar-refractivity contribution is -0.114. The first-order valence-corrected chi connectivity index (χ1v) is 8.95. The molecule has 1 aromatic carbocycles. The third-order valence-electron chi connectivity index (χ3n) is 4.13. The molecule has 24 heavy (non-hydrogen) atoms. The Morgan fingerprint density at radius 2 is 2.25 bits per heavy atom. The fourth-order valence-corrected chi connectivity index (χ4v) is 4.02. The van der Waals surface area contributed by atoms with E-state index in [0.717, 1.165) is 40.7 Å². The van der Waals surface area contributed by atoms with Gasteiger partial charge in [0.2, 0.25) is 0 Å². The Balaban J connectivity index is 1.91. The first-order valence-electron chi connectivity index (χ1n) is 8.14. The molecule has 1 atom stereocenters. The molecular formula is C19H22N2O2S. The fourth-order valence-electron chi connectivity index (χ4n) is 2.94. The Hall–Kier alpha value is -2.11. The van der Waals surface area contributed by atoms with Crippen LogP contribution in [-0.4, -0.2) is 32.1 Å². The number of nitrogens with zero attached hydrogens (tertiary/aromatic N) is 1. The van der Waals surface area contributed by atoms with Crippen LogP contribution in [0, 0.1) is 0 Å². The van der Waals surface area contributed by atoms with Gasteiger partial charge in [-0.05, 0) is 55.8 Å². The number of carbonyl (C=O) groups is 1. The molecule has 2 heterocycles. The van der Waals surface area contributed by atoms with Gasteiger partial charge < -0.3 is 10.1 Å². The quantitative estimate of drug-likeness (QED) is 0.843. The lowest BCUT2D eigenvalue weighted by Crippen LogP contribution is -2.40. The van der Waals surface area contributed by atoms with Crippen LogP contribution >= 0.6 is 11.3 Å². The summed E-state index contributed by atoms with van der Waals surface area (Å²) in [5.41, 5.74) is 1.11. The van der Waals surface area contributed by atoms with Crippen molar-refractivity contribution in [2.45, 2.75) is 19.4 Å². The molecule has 4 nitrogen and oxygen atoms in total. The van der Waals surface area contributed by atoms with Crippen molar-refractivity contribution in [2.75, 3.05) is 25.1 Å². The summed E-state index contributed by atoms with van der Waals surface area (Å²) < 4.78 is 5.30. The molecule has 5 heteroatoms. The molecule has 0 spiro atoms. The van der Waals surface area contributed by atoms with Crippen LogP contribution in [0.1, 0.15) is 13.3 Å². The van der Waals surface area contributed by atoms with E-state index < -0.39 is 0 Å². The minimum absolute atomic E-state index is 0.0465. The van der Waals surface area contributed by atoms with Gasteiger partial charge in [0.15, 0.2) is 0 Å². The van der Waals surface area contributed by atoms with Crippen molar-refractivity contribution in [1.29, 1.82) is 0 Å². The van der Waals surface area contributed by atoms with Gasteiger partial charge in [-0.25, -0.2) is 0 Å². The van der Waals surface area contributed by atoms with Gasteiger partial charge in [-0.2, -0.15) is 0 Å². The highest BCUT2D eigenvalue weighted by molar-refractivity contribution is 7.19. The van der Waals surface area contributed by atoms with Crippen molar-refractivity contribution in [2.24, 2.45) is 0 Å². The van der Waals surface area contributed by atoms with Crippen molar-refractivity contribution in [1.82, 2.24) is 5.32 Å². The summed E-state index contributed by atoms with van der Waals surface area (Å²) in [6.07, 6.45) is 4.42. The number of anilines is 1. The highest BCUT2D eigenvalue weighted by Gasteiger charge is 2.27. The van der Waals surface area contributed by atoms with Gasteiger partial charge in [-0.3, -0.25) is 9.69 Å². The Kier molecular flexibility index (Phi) is 5.33. The van der Waals surface area contributed by atoms with Gasteiger partial charge in [-0.15, -0.1) is 11.3 Å². The van der Waals surface area contributed by atoms with E-state index in [-0.39, 0.29) is 11.9 Å². The van der Waals surface area contributed by atoms with Gasteiger partial charge in [0.05, 0.1) is 18.2 Å². The van der Waals surface area contributed by atoms with E-state index in [1.165, 1.54) is 0 Å². The zero-order valence-corrected chi connectivity index (χ0v) is 14.8. The van der Waals surface area contributed by atoms with E-state index in [9.17, 15) is 4.79 Å². The van der Waals surface area contributed by atoms with Crippen LogP contribution in [0.25, 0.3) is 10.4 Å².